The summed E-state index contributed by atoms with van der Waals surface area (Å²) in [7, 11) is 1.83. The van der Waals surface area contributed by atoms with Crippen LogP contribution in [0.25, 0.3) is 0 Å². The number of nitrogens with zero attached hydrogens (tertiary/aromatic N) is 4. The van der Waals surface area contributed by atoms with E-state index in [1.54, 1.807) is 28.3 Å². The molecule has 5 rings (SSSR count). The van der Waals surface area contributed by atoms with Crippen molar-refractivity contribution < 1.29 is 14.3 Å². The maximum Gasteiger partial charge on any atom is 0.236 e. The zero-order valence-corrected chi connectivity index (χ0v) is 19.5. The van der Waals surface area contributed by atoms with Crippen LogP contribution in [0, 0.1) is 5.92 Å². The van der Waals surface area contributed by atoms with Crippen molar-refractivity contribution in [1.82, 2.24) is 19.4 Å². The molecule has 2 aliphatic heterocycles. The van der Waals surface area contributed by atoms with Crippen molar-refractivity contribution in [1.29, 1.82) is 0 Å². The molecule has 1 fully saturated rings. The number of thiophene rings is 1. The summed E-state index contributed by atoms with van der Waals surface area (Å²) in [5, 5.41) is 4.16. The lowest BCUT2D eigenvalue weighted by Crippen LogP contribution is -2.47. The maximum atomic E-state index is 13.3. The summed E-state index contributed by atoms with van der Waals surface area (Å²) in [6.07, 6.45) is 4.92. The van der Waals surface area contributed by atoms with E-state index in [9.17, 15) is 9.59 Å². The predicted octanol–water partition coefficient (Wildman–Crippen LogP) is 3.54. The molecule has 2 atom stereocenters. The normalized spacial score (nSPS) is 21.2. The molecule has 7 nitrogen and oxygen atoms in total. The van der Waals surface area contributed by atoms with Gasteiger partial charge in [0.25, 0.3) is 0 Å². The van der Waals surface area contributed by atoms with Crippen LogP contribution in [0.4, 0.5) is 0 Å². The number of rotatable bonds is 5. The molecule has 172 valence electrons. The summed E-state index contributed by atoms with van der Waals surface area (Å²) in [6.45, 7) is 2.76. The number of aryl methyl sites for hydroxylation is 1. The fraction of sp³-hybridized carbons (Fsp3) is 0.400. The van der Waals surface area contributed by atoms with Gasteiger partial charge in [-0.3, -0.25) is 14.5 Å². The Balaban J connectivity index is 1.29. The molecule has 1 saturated heterocycles. The molecule has 0 radical (unpaired) electrons. The molecule has 1 aromatic carbocycles. The predicted molar refractivity (Wildman–Crippen MR) is 126 cm³/mol. The van der Waals surface area contributed by atoms with E-state index in [0.29, 0.717) is 38.5 Å². The Hall–Kier alpha value is -2.97. The van der Waals surface area contributed by atoms with Crippen molar-refractivity contribution in [3.05, 3.63) is 70.4 Å². The van der Waals surface area contributed by atoms with Crippen LogP contribution in [0.5, 0.6) is 5.75 Å². The lowest BCUT2D eigenvalue weighted by atomic mass is 9.93. The second kappa shape index (κ2) is 9.49. The molecule has 2 aliphatic rings. The molecule has 1 amide bonds. The van der Waals surface area contributed by atoms with Gasteiger partial charge >= 0.3 is 0 Å². The Labute approximate surface area is 197 Å². The molecule has 0 bridgehead atoms. The molecular formula is C25H28N4O3S. The smallest absolute Gasteiger partial charge is 0.236 e. The summed E-state index contributed by atoms with van der Waals surface area (Å²) in [5.74, 6) is 1.23. The quantitative estimate of drug-likeness (QED) is 0.541. The van der Waals surface area contributed by atoms with Crippen LogP contribution in [0.3, 0.4) is 0 Å². The van der Waals surface area contributed by atoms with Gasteiger partial charge in [0.1, 0.15) is 11.9 Å². The fourth-order valence-corrected chi connectivity index (χ4v) is 5.43. The van der Waals surface area contributed by atoms with E-state index < -0.39 is 0 Å². The molecule has 8 heteroatoms. The first-order valence-corrected chi connectivity index (χ1v) is 12.3. The number of aromatic nitrogens is 2. The zero-order chi connectivity index (χ0) is 22.8. The Morgan fingerprint density at radius 3 is 2.88 bits per heavy atom. The molecule has 3 aromatic rings. The van der Waals surface area contributed by atoms with Gasteiger partial charge < -0.3 is 14.2 Å². The molecule has 4 heterocycles. The standard InChI is InChI=1S/C25H28N4O3S/c1-27-11-9-26-25(27)24(31)19-6-4-10-29(14-19)23(30)16-28-13-18-5-2-3-7-21(18)32-22(15-28)20-8-12-33-17-20/h2-3,5,7-9,11-12,17,19,22H,4,6,10,13-16H2,1H3/t19-,22-/m0/s1. The molecule has 33 heavy (non-hydrogen) atoms. The Kier molecular flexibility index (Phi) is 6.28. The number of hydrogen-bond donors (Lipinski definition) is 0. The number of carbonyl (C=O) groups excluding carboxylic acids is 2. The number of benzene rings is 1. The summed E-state index contributed by atoms with van der Waals surface area (Å²) < 4.78 is 8.10. The monoisotopic (exact) mass is 464 g/mol. The van der Waals surface area contributed by atoms with Gasteiger partial charge in [-0.1, -0.05) is 18.2 Å². The first kappa shape index (κ1) is 21.9. The molecule has 2 aromatic heterocycles. The molecule has 0 saturated carbocycles. The van der Waals surface area contributed by atoms with Crippen LogP contribution in [0.1, 0.15) is 40.7 Å². The van der Waals surface area contributed by atoms with E-state index in [4.69, 9.17) is 4.74 Å². The summed E-state index contributed by atoms with van der Waals surface area (Å²) in [6, 6.07) is 10.1. The highest BCUT2D eigenvalue weighted by molar-refractivity contribution is 7.07. The lowest BCUT2D eigenvalue weighted by molar-refractivity contribution is -0.134. The largest absolute Gasteiger partial charge is 0.484 e. The number of hydrogen-bond acceptors (Lipinski definition) is 6. The number of Topliss-reactive ketones (excluding diaryl/α,β-unsaturated/α-hetero) is 1. The average molecular weight is 465 g/mol. The second-order valence-electron chi connectivity index (χ2n) is 8.85. The fourth-order valence-electron chi connectivity index (χ4n) is 4.73. The highest BCUT2D eigenvalue weighted by atomic mass is 32.1. The minimum atomic E-state index is -0.199. The Bertz CT molecular complexity index is 1130. The highest BCUT2D eigenvalue weighted by Crippen LogP contribution is 2.32. The van der Waals surface area contributed by atoms with Gasteiger partial charge in [0.2, 0.25) is 11.7 Å². The minimum absolute atomic E-state index is 0.0228. The highest BCUT2D eigenvalue weighted by Gasteiger charge is 2.32. The first-order valence-electron chi connectivity index (χ1n) is 11.4. The summed E-state index contributed by atoms with van der Waals surface area (Å²) >= 11 is 1.65. The van der Waals surface area contributed by atoms with Crippen LogP contribution in [0.15, 0.2) is 53.5 Å². The van der Waals surface area contributed by atoms with Crippen LogP contribution < -0.4 is 4.74 Å². The number of ketones is 1. The van der Waals surface area contributed by atoms with Crippen molar-refractivity contribution in [3.63, 3.8) is 0 Å². The number of para-hydroxylation sites is 1. The third-order valence-corrected chi connectivity index (χ3v) is 7.22. The summed E-state index contributed by atoms with van der Waals surface area (Å²) in [4.78, 5) is 34.5. The van der Waals surface area contributed by atoms with Gasteiger partial charge in [-0.05, 0) is 35.7 Å². The average Bonchev–Trinajstić information content (AvgIpc) is 3.48. The number of fused-ring (bicyclic) bond motifs is 1. The van der Waals surface area contributed by atoms with Gasteiger partial charge in [0, 0.05) is 62.7 Å². The van der Waals surface area contributed by atoms with E-state index in [0.717, 1.165) is 29.7 Å². The number of likely N-dealkylation sites (tertiary alicyclic amines) is 1. The SMILES string of the molecule is Cn1ccnc1C(=O)[C@H]1CCCN(C(=O)CN2Cc3ccccc3O[C@H](c3ccsc3)C2)C1. The van der Waals surface area contributed by atoms with E-state index in [-0.39, 0.29) is 23.7 Å². The molecular weight excluding hydrogens is 436 g/mol. The van der Waals surface area contributed by atoms with Gasteiger partial charge in [0.05, 0.1) is 6.54 Å². The number of piperidine rings is 1. The number of amides is 1. The Morgan fingerprint density at radius 1 is 1.21 bits per heavy atom. The lowest BCUT2D eigenvalue weighted by Gasteiger charge is -2.33. The van der Waals surface area contributed by atoms with E-state index in [1.165, 1.54) is 0 Å². The molecule has 0 N–H and O–H groups in total. The third kappa shape index (κ3) is 4.72. The van der Waals surface area contributed by atoms with Crippen molar-refractivity contribution >= 4 is 23.0 Å². The molecule has 0 unspecified atom stereocenters. The zero-order valence-electron chi connectivity index (χ0n) is 18.7. The third-order valence-electron chi connectivity index (χ3n) is 6.52. The van der Waals surface area contributed by atoms with E-state index >= 15 is 0 Å². The number of ether oxygens (including phenoxy) is 1. The van der Waals surface area contributed by atoms with E-state index in [2.05, 4.69) is 32.8 Å². The van der Waals surface area contributed by atoms with Crippen LogP contribution in [0.2, 0.25) is 0 Å². The van der Waals surface area contributed by atoms with Crippen LogP contribution >= 0.6 is 11.3 Å². The van der Waals surface area contributed by atoms with Crippen molar-refractivity contribution in [2.45, 2.75) is 25.5 Å². The number of imidazole rings is 1. The Morgan fingerprint density at radius 2 is 2.09 bits per heavy atom. The maximum absolute atomic E-state index is 13.3. The van der Waals surface area contributed by atoms with Gasteiger partial charge in [-0.15, -0.1) is 0 Å². The van der Waals surface area contributed by atoms with Crippen LogP contribution in [-0.2, 0) is 18.4 Å². The van der Waals surface area contributed by atoms with Crippen molar-refractivity contribution in [2.75, 3.05) is 26.2 Å². The summed E-state index contributed by atoms with van der Waals surface area (Å²) in [5.41, 5.74) is 2.22. The van der Waals surface area contributed by atoms with Gasteiger partial charge in [0.15, 0.2) is 5.82 Å². The second-order valence-corrected chi connectivity index (χ2v) is 9.63. The van der Waals surface area contributed by atoms with Gasteiger partial charge in [-0.25, -0.2) is 4.98 Å². The minimum Gasteiger partial charge on any atom is -0.484 e. The number of carbonyl (C=O) groups is 2. The van der Waals surface area contributed by atoms with Crippen LogP contribution in [-0.4, -0.2) is 57.2 Å². The van der Waals surface area contributed by atoms with E-state index in [1.807, 2.05) is 30.1 Å². The first-order chi connectivity index (χ1) is 16.1. The van der Waals surface area contributed by atoms with Gasteiger partial charge in [-0.2, -0.15) is 11.3 Å². The molecule has 0 spiro atoms. The molecule has 0 aliphatic carbocycles. The van der Waals surface area contributed by atoms with Crippen molar-refractivity contribution in [3.8, 4) is 5.75 Å². The van der Waals surface area contributed by atoms with Crippen molar-refractivity contribution in [2.24, 2.45) is 13.0 Å². The topological polar surface area (TPSA) is 67.7 Å².